The zero-order valence-electron chi connectivity index (χ0n) is 9.85. The molecule has 1 aromatic rings. The highest BCUT2D eigenvalue weighted by atomic mass is 32.2. The largest absolute Gasteiger partial charge is 0.379 e. The molecule has 0 radical (unpaired) electrons. The molecule has 1 heterocycles. The summed E-state index contributed by atoms with van der Waals surface area (Å²) in [4.78, 5) is 10.3. The second kappa shape index (κ2) is 5.45. The first kappa shape index (κ1) is 14.3. The van der Waals surface area contributed by atoms with Crippen LogP contribution in [0.5, 0.6) is 0 Å². The van der Waals surface area contributed by atoms with E-state index in [-0.39, 0.29) is 31.2 Å². The van der Waals surface area contributed by atoms with Crippen LogP contribution in [-0.2, 0) is 14.8 Å². The minimum atomic E-state index is -3.90. The van der Waals surface area contributed by atoms with E-state index in [1.54, 1.807) is 0 Å². The molecule has 0 unspecified atom stereocenters. The number of ether oxygens (including phenoxy) is 1. The third kappa shape index (κ3) is 2.89. The lowest BCUT2D eigenvalue weighted by atomic mass is 10.3. The van der Waals surface area contributed by atoms with Gasteiger partial charge < -0.3 is 4.74 Å². The van der Waals surface area contributed by atoms with Gasteiger partial charge in [0.25, 0.3) is 5.69 Å². The molecule has 104 valence electrons. The number of benzene rings is 1. The van der Waals surface area contributed by atoms with Gasteiger partial charge in [-0.1, -0.05) is 0 Å². The number of rotatable bonds is 3. The zero-order valence-corrected chi connectivity index (χ0v) is 11.6. The molecule has 0 spiro atoms. The fraction of sp³-hybridized carbons (Fsp3) is 0.400. The number of sulfonamides is 1. The number of hydrogen-bond acceptors (Lipinski definition) is 6. The lowest BCUT2D eigenvalue weighted by Gasteiger charge is -2.25. The highest BCUT2D eigenvalue weighted by Gasteiger charge is 2.32. The van der Waals surface area contributed by atoms with Crippen LogP contribution in [0.3, 0.4) is 0 Å². The molecular formula is C10H12N2O5S2. The lowest BCUT2D eigenvalue weighted by Crippen LogP contribution is -2.40. The minimum absolute atomic E-state index is 0.191. The Labute approximate surface area is 115 Å². The summed E-state index contributed by atoms with van der Waals surface area (Å²) in [5.74, 6) is 0. The van der Waals surface area contributed by atoms with Crippen LogP contribution in [0, 0.1) is 10.1 Å². The molecular weight excluding hydrogens is 292 g/mol. The number of thiol groups is 1. The van der Waals surface area contributed by atoms with Crippen molar-refractivity contribution in [2.24, 2.45) is 0 Å². The second-order valence-corrected chi connectivity index (χ2v) is 6.35. The molecule has 19 heavy (non-hydrogen) atoms. The van der Waals surface area contributed by atoms with Crippen LogP contribution in [-0.4, -0.2) is 43.9 Å². The number of nitro groups is 1. The van der Waals surface area contributed by atoms with E-state index in [4.69, 9.17) is 4.74 Å². The quantitative estimate of drug-likeness (QED) is 0.509. The Morgan fingerprint density at radius 2 is 1.95 bits per heavy atom. The van der Waals surface area contributed by atoms with E-state index in [0.717, 1.165) is 6.07 Å². The minimum Gasteiger partial charge on any atom is -0.379 e. The maximum Gasteiger partial charge on any atom is 0.289 e. The van der Waals surface area contributed by atoms with Crippen molar-refractivity contribution < 1.29 is 18.1 Å². The Morgan fingerprint density at radius 1 is 1.32 bits per heavy atom. The van der Waals surface area contributed by atoms with Gasteiger partial charge in [0.1, 0.15) is 0 Å². The first-order chi connectivity index (χ1) is 8.93. The van der Waals surface area contributed by atoms with Gasteiger partial charge in [0.2, 0.25) is 10.0 Å². The molecule has 1 fully saturated rings. The topological polar surface area (TPSA) is 89.8 Å². The molecule has 0 bridgehead atoms. The highest BCUT2D eigenvalue weighted by molar-refractivity contribution is 7.89. The first-order valence-corrected chi connectivity index (χ1v) is 7.37. The van der Waals surface area contributed by atoms with Crippen molar-refractivity contribution in [1.29, 1.82) is 0 Å². The Kier molecular flexibility index (Phi) is 4.09. The van der Waals surface area contributed by atoms with E-state index in [0.29, 0.717) is 4.90 Å². The monoisotopic (exact) mass is 304 g/mol. The van der Waals surface area contributed by atoms with E-state index in [9.17, 15) is 18.5 Å². The summed E-state index contributed by atoms with van der Waals surface area (Å²) >= 11 is 4.04. The van der Waals surface area contributed by atoms with E-state index >= 15 is 0 Å². The Balaban J connectivity index is 2.49. The van der Waals surface area contributed by atoms with Crippen LogP contribution in [0.25, 0.3) is 0 Å². The van der Waals surface area contributed by atoms with Gasteiger partial charge in [-0.15, -0.1) is 12.6 Å². The van der Waals surface area contributed by atoms with Gasteiger partial charge in [-0.2, -0.15) is 4.31 Å². The maximum absolute atomic E-state index is 12.4. The summed E-state index contributed by atoms with van der Waals surface area (Å²) in [6.45, 7) is 0.952. The van der Waals surface area contributed by atoms with Crippen molar-refractivity contribution in [2.45, 2.75) is 9.79 Å². The van der Waals surface area contributed by atoms with Crippen molar-refractivity contribution in [1.82, 2.24) is 4.31 Å². The van der Waals surface area contributed by atoms with Crippen LogP contribution in [0.15, 0.2) is 28.0 Å². The van der Waals surface area contributed by atoms with E-state index in [1.165, 1.54) is 16.4 Å². The van der Waals surface area contributed by atoms with Gasteiger partial charge in [0.15, 0.2) is 4.90 Å². The molecule has 0 aromatic heterocycles. The maximum atomic E-state index is 12.4. The first-order valence-electron chi connectivity index (χ1n) is 5.48. The molecule has 0 aliphatic carbocycles. The summed E-state index contributed by atoms with van der Waals surface area (Å²) in [7, 11) is -3.90. The standard InChI is InChI=1S/C10H12N2O5S2/c13-12(14)9-2-1-8(18)7-10(9)19(15,16)11-3-5-17-6-4-11/h1-2,7,18H,3-6H2. The summed E-state index contributed by atoms with van der Waals surface area (Å²) in [6.07, 6.45) is 0. The SMILES string of the molecule is O=[N+]([O-])c1ccc(S)cc1S(=O)(=O)N1CCOCC1. The average molecular weight is 304 g/mol. The van der Waals surface area contributed by atoms with Crippen molar-refractivity contribution >= 4 is 28.3 Å². The van der Waals surface area contributed by atoms with Crippen molar-refractivity contribution in [3.63, 3.8) is 0 Å². The van der Waals surface area contributed by atoms with E-state index in [2.05, 4.69) is 12.6 Å². The Bertz CT molecular complexity index is 596. The summed E-state index contributed by atoms with van der Waals surface area (Å²) in [6, 6.07) is 3.74. The smallest absolute Gasteiger partial charge is 0.289 e. The molecule has 0 N–H and O–H groups in total. The number of nitro benzene ring substituents is 1. The number of morpholine rings is 1. The molecule has 1 aromatic carbocycles. The molecule has 2 rings (SSSR count). The second-order valence-electron chi connectivity index (χ2n) is 3.93. The third-order valence-corrected chi connectivity index (χ3v) is 4.93. The predicted molar refractivity (Wildman–Crippen MR) is 69.9 cm³/mol. The third-order valence-electron chi connectivity index (χ3n) is 2.73. The molecule has 0 atom stereocenters. The normalized spacial score (nSPS) is 17.3. The van der Waals surface area contributed by atoms with E-state index in [1.807, 2.05) is 0 Å². The van der Waals surface area contributed by atoms with Crippen molar-refractivity contribution in [3.8, 4) is 0 Å². The average Bonchev–Trinajstić information content (AvgIpc) is 2.39. The van der Waals surface area contributed by atoms with E-state index < -0.39 is 20.6 Å². The molecule has 0 saturated carbocycles. The van der Waals surface area contributed by atoms with Crippen LogP contribution in [0.2, 0.25) is 0 Å². The molecule has 1 aliphatic rings. The van der Waals surface area contributed by atoms with Crippen LogP contribution in [0.4, 0.5) is 5.69 Å². The van der Waals surface area contributed by atoms with Gasteiger partial charge in [-0.05, 0) is 12.1 Å². The molecule has 7 nitrogen and oxygen atoms in total. The fourth-order valence-corrected chi connectivity index (χ4v) is 3.67. The summed E-state index contributed by atoms with van der Waals surface area (Å²) < 4.78 is 31.1. The Morgan fingerprint density at radius 3 is 2.53 bits per heavy atom. The van der Waals surface area contributed by atoms with Crippen molar-refractivity contribution in [2.75, 3.05) is 26.3 Å². The summed E-state index contributed by atoms with van der Waals surface area (Å²) in [5, 5.41) is 10.9. The number of hydrogen-bond donors (Lipinski definition) is 1. The lowest BCUT2D eigenvalue weighted by molar-refractivity contribution is -0.387. The van der Waals surface area contributed by atoms with Crippen LogP contribution >= 0.6 is 12.6 Å². The zero-order chi connectivity index (χ0) is 14.0. The van der Waals surface area contributed by atoms with Gasteiger partial charge in [-0.3, -0.25) is 10.1 Å². The molecule has 9 heteroatoms. The van der Waals surface area contributed by atoms with Crippen molar-refractivity contribution in [3.05, 3.63) is 28.3 Å². The Hall–Kier alpha value is -1.16. The van der Waals surface area contributed by atoms with Gasteiger partial charge in [-0.25, -0.2) is 8.42 Å². The predicted octanol–water partition coefficient (Wildman–Crippen LogP) is 0.904. The van der Waals surface area contributed by atoms with Crippen LogP contribution in [0.1, 0.15) is 0 Å². The highest BCUT2D eigenvalue weighted by Crippen LogP contribution is 2.29. The van der Waals surface area contributed by atoms with Crippen LogP contribution < -0.4 is 0 Å². The molecule has 1 aliphatic heterocycles. The number of nitrogens with zero attached hydrogens (tertiary/aromatic N) is 2. The summed E-state index contributed by atoms with van der Waals surface area (Å²) in [5.41, 5.74) is -0.440. The molecule has 0 amide bonds. The van der Waals surface area contributed by atoms with Gasteiger partial charge >= 0.3 is 0 Å². The van der Waals surface area contributed by atoms with Gasteiger partial charge in [0, 0.05) is 24.1 Å². The fourth-order valence-electron chi connectivity index (χ4n) is 1.79. The molecule has 1 saturated heterocycles. The van der Waals surface area contributed by atoms with Gasteiger partial charge in [0.05, 0.1) is 18.1 Å².